The minimum atomic E-state index is -0.819. The second-order valence-corrected chi connectivity index (χ2v) is 4.76. The highest BCUT2D eigenvalue weighted by Gasteiger charge is 2.31. The van der Waals surface area contributed by atoms with E-state index in [0.717, 1.165) is 6.42 Å². The Balaban J connectivity index is 2.10. The Morgan fingerprint density at radius 3 is 2.89 bits per heavy atom. The fraction of sp³-hybridized carbons (Fsp3) is 0.545. The molecule has 1 fully saturated rings. The topological polar surface area (TPSA) is 104 Å². The van der Waals surface area contributed by atoms with Gasteiger partial charge < -0.3 is 15.4 Å². The first-order chi connectivity index (χ1) is 8.52. The Kier molecular flexibility index (Phi) is 3.44. The van der Waals surface area contributed by atoms with Crippen molar-refractivity contribution >= 4 is 11.7 Å². The predicted octanol–water partition coefficient (Wildman–Crippen LogP) is -0.251. The van der Waals surface area contributed by atoms with E-state index in [1.807, 2.05) is 0 Å². The first-order valence-electron chi connectivity index (χ1n) is 5.82. The van der Waals surface area contributed by atoms with Gasteiger partial charge >= 0.3 is 0 Å². The minimum absolute atomic E-state index is 0.217. The molecule has 7 nitrogen and oxygen atoms in total. The molecule has 1 aliphatic heterocycles. The molecule has 4 N–H and O–H groups in total. The average molecular weight is 251 g/mol. The summed E-state index contributed by atoms with van der Waals surface area (Å²) in [7, 11) is 0. The Morgan fingerprint density at radius 2 is 2.33 bits per heavy atom. The number of amides is 1. The first-order valence-corrected chi connectivity index (χ1v) is 5.82. The molecular formula is C11H17N5O2. The number of hydrogen-bond donors (Lipinski definition) is 3. The van der Waals surface area contributed by atoms with Gasteiger partial charge in [-0.3, -0.25) is 4.79 Å². The smallest absolute Gasteiger partial charge is 0.274 e. The number of piperidine rings is 1. The summed E-state index contributed by atoms with van der Waals surface area (Å²) in [6, 6.07) is 0. The van der Waals surface area contributed by atoms with Crippen LogP contribution in [-0.2, 0) is 0 Å². The third kappa shape index (κ3) is 2.74. The maximum absolute atomic E-state index is 12.1. The van der Waals surface area contributed by atoms with Crippen molar-refractivity contribution in [1.29, 1.82) is 0 Å². The molecule has 2 rings (SSSR count). The van der Waals surface area contributed by atoms with Gasteiger partial charge in [0.25, 0.3) is 5.91 Å². The summed E-state index contributed by atoms with van der Waals surface area (Å²) in [5.74, 6) is 5.36. The standard InChI is InChI=1S/C11H17N5O2/c1-11(18)3-2-4-16(7-11)10(17)8-5-14-9(15-12)6-13-8/h5-6,18H,2-4,7,12H2,1H3,(H,14,15). The van der Waals surface area contributed by atoms with Gasteiger partial charge in [0.05, 0.1) is 18.0 Å². The van der Waals surface area contributed by atoms with E-state index in [4.69, 9.17) is 5.84 Å². The Labute approximate surface area is 105 Å². The van der Waals surface area contributed by atoms with Crippen molar-refractivity contribution in [2.24, 2.45) is 5.84 Å². The van der Waals surface area contributed by atoms with Crippen LogP contribution in [0.3, 0.4) is 0 Å². The normalized spacial score (nSPS) is 23.8. The van der Waals surface area contributed by atoms with Crippen LogP contribution in [0.25, 0.3) is 0 Å². The molecule has 0 aliphatic carbocycles. The van der Waals surface area contributed by atoms with Crippen molar-refractivity contribution in [2.75, 3.05) is 18.5 Å². The molecule has 1 aliphatic rings. The monoisotopic (exact) mass is 251 g/mol. The van der Waals surface area contributed by atoms with E-state index in [1.165, 1.54) is 12.4 Å². The van der Waals surface area contributed by atoms with Crippen molar-refractivity contribution in [3.8, 4) is 0 Å². The summed E-state index contributed by atoms with van der Waals surface area (Å²) in [6.45, 7) is 2.69. The zero-order valence-corrected chi connectivity index (χ0v) is 10.3. The van der Waals surface area contributed by atoms with Crippen LogP contribution in [0, 0.1) is 0 Å². The number of nitrogens with two attached hydrogens (primary N) is 1. The molecule has 18 heavy (non-hydrogen) atoms. The fourth-order valence-electron chi connectivity index (χ4n) is 2.07. The van der Waals surface area contributed by atoms with Gasteiger partial charge in [-0.05, 0) is 19.8 Å². The molecule has 0 radical (unpaired) electrons. The Morgan fingerprint density at radius 1 is 1.56 bits per heavy atom. The highest BCUT2D eigenvalue weighted by molar-refractivity contribution is 5.92. The van der Waals surface area contributed by atoms with Gasteiger partial charge in [0.15, 0.2) is 5.82 Å². The van der Waals surface area contributed by atoms with Crippen molar-refractivity contribution in [2.45, 2.75) is 25.4 Å². The first kappa shape index (κ1) is 12.7. The molecule has 1 aromatic rings. The van der Waals surface area contributed by atoms with Gasteiger partial charge in [0.2, 0.25) is 0 Å². The van der Waals surface area contributed by atoms with Crippen LogP contribution < -0.4 is 11.3 Å². The number of aromatic nitrogens is 2. The molecule has 0 saturated carbocycles. The summed E-state index contributed by atoms with van der Waals surface area (Å²) in [5.41, 5.74) is 1.78. The van der Waals surface area contributed by atoms with E-state index in [9.17, 15) is 9.90 Å². The minimum Gasteiger partial charge on any atom is -0.388 e. The van der Waals surface area contributed by atoms with Gasteiger partial charge in [0.1, 0.15) is 5.69 Å². The van der Waals surface area contributed by atoms with Crippen LogP contribution in [0.15, 0.2) is 12.4 Å². The van der Waals surface area contributed by atoms with Crippen LogP contribution in [0.5, 0.6) is 0 Å². The lowest BCUT2D eigenvalue weighted by molar-refractivity contribution is -0.0109. The van der Waals surface area contributed by atoms with E-state index in [1.54, 1.807) is 11.8 Å². The summed E-state index contributed by atoms with van der Waals surface area (Å²) in [6.07, 6.45) is 4.27. The summed E-state index contributed by atoms with van der Waals surface area (Å²) >= 11 is 0. The number of nitrogens with one attached hydrogen (secondary N) is 1. The van der Waals surface area contributed by atoms with Crippen LogP contribution in [0.4, 0.5) is 5.82 Å². The maximum atomic E-state index is 12.1. The fourth-order valence-corrected chi connectivity index (χ4v) is 2.07. The van der Waals surface area contributed by atoms with Crippen molar-refractivity contribution in [3.05, 3.63) is 18.1 Å². The lowest BCUT2D eigenvalue weighted by Gasteiger charge is -2.36. The number of β-amino-alcohol motifs (C(OH)–C–C–N with tert-alkyl or cyclic N) is 1. The van der Waals surface area contributed by atoms with E-state index in [2.05, 4.69) is 15.4 Å². The molecule has 7 heteroatoms. The lowest BCUT2D eigenvalue weighted by atomic mass is 9.95. The molecule has 1 amide bonds. The number of hydrazine groups is 1. The molecule has 1 aromatic heterocycles. The number of rotatable bonds is 2. The van der Waals surface area contributed by atoms with Crippen molar-refractivity contribution in [3.63, 3.8) is 0 Å². The summed E-state index contributed by atoms with van der Waals surface area (Å²) in [5, 5.41) is 9.97. The number of nitrogens with zero attached hydrogens (tertiary/aromatic N) is 3. The Bertz CT molecular complexity index is 432. The highest BCUT2D eigenvalue weighted by Crippen LogP contribution is 2.21. The molecule has 2 heterocycles. The zero-order valence-electron chi connectivity index (χ0n) is 10.3. The molecule has 0 bridgehead atoms. The van der Waals surface area contributed by atoms with Crippen molar-refractivity contribution in [1.82, 2.24) is 14.9 Å². The summed E-state index contributed by atoms with van der Waals surface area (Å²) in [4.78, 5) is 21.7. The number of anilines is 1. The van der Waals surface area contributed by atoms with Gasteiger partial charge in [-0.15, -0.1) is 0 Å². The average Bonchev–Trinajstić information content (AvgIpc) is 2.37. The SMILES string of the molecule is CC1(O)CCCN(C(=O)c2cnc(NN)cn2)C1. The molecule has 98 valence electrons. The number of hydrogen-bond acceptors (Lipinski definition) is 6. The van der Waals surface area contributed by atoms with Gasteiger partial charge in [-0.25, -0.2) is 15.8 Å². The molecule has 1 unspecified atom stereocenters. The molecular weight excluding hydrogens is 234 g/mol. The van der Waals surface area contributed by atoms with Crippen LogP contribution in [-0.4, -0.2) is 44.6 Å². The number of carbonyl (C=O) groups excluding carboxylic acids is 1. The van der Waals surface area contributed by atoms with Crippen LogP contribution in [0.1, 0.15) is 30.3 Å². The molecule has 0 aromatic carbocycles. The van der Waals surface area contributed by atoms with Gasteiger partial charge in [0, 0.05) is 13.1 Å². The van der Waals surface area contributed by atoms with E-state index < -0.39 is 5.60 Å². The predicted molar refractivity (Wildman–Crippen MR) is 65.6 cm³/mol. The Hall–Kier alpha value is -1.73. The second kappa shape index (κ2) is 4.87. The zero-order chi connectivity index (χ0) is 13.2. The number of nitrogen functional groups attached to an aromatic ring is 1. The van der Waals surface area contributed by atoms with E-state index in [0.29, 0.717) is 25.3 Å². The van der Waals surface area contributed by atoms with E-state index >= 15 is 0 Å². The number of carbonyl (C=O) groups is 1. The van der Waals surface area contributed by atoms with E-state index in [-0.39, 0.29) is 11.6 Å². The number of likely N-dealkylation sites (tertiary alicyclic amines) is 1. The van der Waals surface area contributed by atoms with Gasteiger partial charge in [-0.1, -0.05) is 0 Å². The van der Waals surface area contributed by atoms with Crippen LogP contribution >= 0.6 is 0 Å². The molecule has 1 atom stereocenters. The number of aliphatic hydroxyl groups is 1. The van der Waals surface area contributed by atoms with Crippen LogP contribution in [0.2, 0.25) is 0 Å². The quantitative estimate of drug-likeness (QED) is 0.494. The van der Waals surface area contributed by atoms with Crippen molar-refractivity contribution < 1.29 is 9.90 Å². The third-order valence-electron chi connectivity index (χ3n) is 2.98. The van der Waals surface area contributed by atoms with Gasteiger partial charge in [-0.2, -0.15) is 0 Å². The molecule has 0 spiro atoms. The molecule has 1 saturated heterocycles. The second-order valence-electron chi connectivity index (χ2n) is 4.76. The summed E-state index contributed by atoms with van der Waals surface area (Å²) < 4.78 is 0. The maximum Gasteiger partial charge on any atom is 0.274 e. The lowest BCUT2D eigenvalue weighted by Crippen LogP contribution is -2.48. The third-order valence-corrected chi connectivity index (χ3v) is 2.98. The largest absolute Gasteiger partial charge is 0.388 e. The highest BCUT2D eigenvalue weighted by atomic mass is 16.3.